The molecular weight excluding hydrogens is 523 g/mol. The average molecular weight is 541 g/mol. The third-order valence-corrected chi connectivity index (χ3v) is 8.53. The van der Waals surface area contributed by atoms with Crippen molar-refractivity contribution >= 4 is 58.5 Å². The molecule has 0 unspecified atom stereocenters. The van der Waals surface area contributed by atoms with Crippen molar-refractivity contribution in [2.75, 3.05) is 5.08 Å². The highest BCUT2D eigenvalue weighted by atomic mass is 35.5. The Hall–Kier alpha value is -2.88. The fraction of sp³-hybridized carbons (Fsp3) is 0.200. The summed E-state index contributed by atoms with van der Waals surface area (Å²) in [7, 11) is 0. The molecule has 2 heterocycles. The minimum atomic E-state index is -0.442. The van der Waals surface area contributed by atoms with E-state index in [2.05, 4.69) is 22.8 Å². The van der Waals surface area contributed by atoms with Crippen LogP contribution in [0.25, 0.3) is 0 Å². The van der Waals surface area contributed by atoms with Crippen LogP contribution in [0.2, 0.25) is 10.0 Å². The number of benzene rings is 2. The van der Waals surface area contributed by atoms with Gasteiger partial charge in [-0.1, -0.05) is 83.1 Å². The molecule has 0 aliphatic carbocycles. The van der Waals surface area contributed by atoms with Crippen LogP contribution in [0.4, 0.5) is 0 Å². The van der Waals surface area contributed by atoms with Gasteiger partial charge in [-0.25, -0.2) is 0 Å². The molecule has 2 amide bonds. The van der Waals surface area contributed by atoms with Crippen LogP contribution in [0.1, 0.15) is 35.8 Å². The second-order valence-electron chi connectivity index (χ2n) is 7.77. The lowest BCUT2D eigenvalue weighted by Gasteiger charge is -2.27. The molecule has 2 aromatic rings. The maximum Gasteiger partial charge on any atom is 0.225 e. The molecule has 2 N–H and O–H groups in total. The maximum absolute atomic E-state index is 12.4. The van der Waals surface area contributed by atoms with Gasteiger partial charge in [0.05, 0.1) is 38.4 Å². The fourth-order valence-electron chi connectivity index (χ4n) is 4.06. The standard InChI is InChI=1S/C25H18Cl2N4O2S2/c26-20-7-3-1-5-14(20)16-9-22(32)30-24(18(16)11-28)34-13-35-25-19(12-29)17(10-23(33)31-25)15-6-2-4-8-21(15)27/h1-8,16-17H,9-10,13H2,(H,30,32)(H,31,33)/t16-,17-/m0/s1. The Morgan fingerprint density at radius 3 is 1.54 bits per heavy atom. The molecule has 2 aromatic carbocycles. The summed E-state index contributed by atoms with van der Waals surface area (Å²) in [6.07, 6.45) is 0.256. The van der Waals surface area contributed by atoms with E-state index in [0.717, 1.165) is 11.1 Å². The highest BCUT2D eigenvalue weighted by Gasteiger charge is 2.32. The van der Waals surface area contributed by atoms with Crippen LogP contribution in [0.3, 0.4) is 0 Å². The Bertz CT molecular complexity index is 1240. The molecule has 2 aliphatic rings. The minimum absolute atomic E-state index is 0.128. The monoisotopic (exact) mass is 540 g/mol. The zero-order valence-electron chi connectivity index (χ0n) is 18.2. The molecule has 0 radical (unpaired) electrons. The number of nitriles is 2. The molecule has 6 nitrogen and oxygen atoms in total. The second kappa shape index (κ2) is 11.2. The molecule has 35 heavy (non-hydrogen) atoms. The first kappa shape index (κ1) is 25.2. The molecule has 0 aromatic heterocycles. The lowest BCUT2D eigenvalue weighted by Crippen LogP contribution is -2.31. The van der Waals surface area contributed by atoms with E-state index < -0.39 is 11.8 Å². The Morgan fingerprint density at radius 1 is 0.771 bits per heavy atom. The quantitative estimate of drug-likeness (QED) is 0.448. The molecule has 176 valence electrons. The summed E-state index contributed by atoms with van der Waals surface area (Å²) in [5.41, 5.74) is 2.31. The van der Waals surface area contributed by atoms with Crippen molar-refractivity contribution in [2.45, 2.75) is 24.7 Å². The van der Waals surface area contributed by atoms with Crippen LogP contribution < -0.4 is 10.6 Å². The maximum atomic E-state index is 12.4. The SMILES string of the molecule is N#CC1=C(SCSC2=C(C#N)[C@H](c3ccccc3Cl)CC(=O)N2)NC(=O)C[C@H]1c1ccccc1Cl. The number of carbonyl (C=O) groups is 2. The largest absolute Gasteiger partial charge is 0.320 e. The number of hydrogen-bond donors (Lipinski definition) is 2. The normalized spacial score (nSPS) is 20.1. The minimum Gasteiger partial charge on any atom is -0.320 e. The van der Waals surface area contributed by atoms with Crippen LogP contribution in [-0.2, 0) is 9.59 Å². The predicted octanol–water partition coefficient (Wildman–Crippen LogP) is 5.79. The second-order valence-corrected chi connectivity index (χ2v) is 10.9. The number of nitrogens with zero attached hydrogens (tertiary/aromatic N) is 2. The smallest absolute Gasteiger partial charge is 0.225 e. The molecule has 0 spiro atoms. The number of halogens is 2. The zero-order valence-corrected chi connectivity index (χ0v) is 21.3. The van der Waals surface area contributed by atoms with Gasteiger partial charge in [-0.3, -0.25) is 9.59 Å². The van der Waals surface area contributed by atoms with Gasteiger partial charge in [0, 0.05) is 34.7 Å². The topological polar surface area (TPSA) is 106 Å². The highest BCUT2D eigenvalue weighted by molar-refractivity contribution is 8.19. The van der Waals surface area contributed by atoms with Gasteiger partial charge in [0.15, 0.2) is 0 Å². The molecule has 0 saturated carbocycles. The number of amides is 2. The lowest BCUT2D eigenvalue weighted by atomic mass is 9.87. The summed E-state index contributed by atoms with van der Waals surface area (Å²) in [5, 5.41) is 27.6. The Labute approximate surface area is 221 Å². The van der Waals surface area contributed by atoms with Gasteiger partial charge in [-0.05, 0) is 23.3 Å². The van der Waals surface area contributed by atoms with Gasteiger partial charge >= 0.3 is 0 Å². The van der Waals surface area contributed by atoms with Gasteiger partial charge in [0.2, 0.25) is 11.8 Å². The molecule has 2 atom stereocenters. The van der Waals surface area contributed by atoms with E-state index >= 15 is 0 Å². The van der Waals surface area contributed by atoms with Crippen molar-refractivity contribution < 1.29 is 9.59 Å². The molecule has 4 rings (SSSR count). The van der Waals surface area contributed by atoms with Crippen LogP contribution in [0.5, 0.6) is 0 Å². The third kappa shape index (κ3) is 5.52. The summed E-state index contributed by atoms with van der Waals surface area (Å²) in [6, 6.07) is 18.8. The van der Waals surface area contributed by atoms with E-state index in [1.807, 2.05) is 24.3 Å². The number of thioether (sulfide) groups is 2. The number of carbonyl (C=O) groups excluding carboxylic acids is 2. The first-order chi connectivity index (χ1) is 16.9. The molecule has 0 fully saturated rings. The summed E-state index contributed by atoms with van der Waals surface area (Å²) in [5.74, 6) is -1.29. The first-order valence-electron chi connectivity index (χ1n) is 10.6. The average Bonchev–Trinajstić information content (AvgIpc) is 2.84. The number of allylic oxidation sites excluding steroid dienone is 2. The van der Waals surface area contributed by atoms with Crippen molar-refractivity contribution in [3.05, 3.63) is 90.9 Å². The van der Waals surface area contributed by atoms with Crippen molar-refractivity contribution in [3.63, 3.8) is 0 Å². The highest BCUT2D eigenvalue weighted by Crippen LogP contribution is 2.42. The molecular formula is C25H18Cl2N4O2S2. The van der Waals surface area contributed by atoms with Crippen molar-refractivity contribution in [1.29, 1.82) is 10.5 Å². The van der Waals surface area contributed by atoms with Crippen LogP contribution in [0, 0.1) is 22.7 Å². The van der Waals surface area contributed by atoms with Gasteiger partial charge in [-0.15, -0.1) is 0 Å². The Kier molecular flexibility index (Phi) is 8.10. The molecule has 0 bridgehead atoms. The Morgan fingerprint density at radius 2 is 1.17 bits per heavy atom. The molecule has 2 aliphatic heterocycles. The van der Waals surface area contributed by atoms with Crippen molar-refractivity contribution in [1.82, 2.24) is 10.6 Å². The van der Waals surface area contributed by atoms with Crippen LogP contribution in [-0.4, -0.2) is 16.9 Å². The van der Waals surface area contributed by atoms with Crippen molar-refractivity contribution in [2.24, 2.45) is 0 Å². The van der Waals surface area contributed by atoms with E-state index in [0.29, 0.717) is 36.3 Å². The van der Waals surface area contributed by atoms with Gasteiger partial charge in [-0.2, -0.15) is 10.5 Å². The van der Waals surface area contributed by atoms with Crippen molar-refractivity contribution in [3.8, 4) is 12.1 Å². The van der Waals surface area contributed by atoms with Gasteiger partial charge < -0.3 is 10.6 Å². The van der Waals surface area contributed by atoms with E-state index in [-0.39, 0.29) is 24.7 Å². The predicted molar refractivity (Wildman–Crippen MR) is 139 cm³/mol. The fourth-order valence-corrected chi connectivity index (χ4v) is 6.83. The summed E-state index contributed by atoms with van der Waals surface area (Å²) < 4.78 is 0. The van der Waals surface area contributed by atoms with E-state index in [1.165, 1.54) is 23.5 Å². The number of rotatable bonds is 6. The summed E-state index contributed by atoms with van der Waals surface area (Å²) >= 11 is 15.2. The first-order valence-corrected chi connectivity index (χ1v) is 13.3. The van der Waals surface area contributed by atoms with E-state index in [4.69, 9.17) is 23.2 Å². The third-order valence-electron chi connectivity index (χ3n) is 5.68. The van der Waals surface area contributed by atoms with Gasteiger partial charge in [0.25, 0.3) is 0 Å². The van der Waals surface area contributed by atoms with E-state index in [9.17, 15) is 20.1 Å². The summed E-state index contributed by atoms with van der Waals surface area (Å²) in [6.45, 7) is 0. The zero-order chi connectivity index (χ0) is 24.9. The lowest BCUT2D eigenvalue weighted by molar-refractivity contribution is -0.121. The number of hydrogen-bond acceptors (Lipinski definition) is 6. The van der Waals surface area contributed by atoms with Gasteiger partial charge in [0.1, 0.15) is 0 Å². The van der Waals surface area contributed by atoms with Crippen LogP contribution >= 0.6 is 46.7 Å². The van der Waals surface area contributed by atoms with Crippen LogP contribution in [0.15, 0.2) is 69.7 Å². The van der Waals surface area contributed by atoms with E-state index in [1.54, 1.807) is 24.3 Å². The Balaban J connectivity index is 1.58. The molecule has 10 heteroatoms. The molecule has 0 saturated heterocycles. The summed E-state index contributed by atoms with van der Waals surface area (Å²) in [4.78, 5) is 24.9. The number of nitrogens with one attached hydrogen (secondary N) is 2.